The first-order chi connectivity index (χ1) is 11.2. The van der Waals surface area contributed by atoms with E-state index < -0.39 is 8.03 Å². The molecule has 0 bridgehead atoms. The van der Waals surface area contributed by atoms with Gasteiger partial charge in [-0.05, 0) is 28.7 Å². The molecule has 0 amide bonds. The number of unbranched alkanes of at least 4 members (excludes halogenated alkanes) is 5. The van der Waals surface area contributed by atoms with Crippen LogP contribution >= 0.6 is 8.03 Å². The van der Waals surface area contributed by atoms with Crippen LogP contribution in [0.5, 0.6) is 0 Å². The fourth-order valence-electron chi connectivity index (χ4n) is 2.25. The Bertz CT molecular complexity index is 470. The summed E-state index contributed by atoms with van der Waals surface area (Å²) in [5.74, 6) is -0.270. The Kier molecular flexibility index (Phi) is 10.5. The molecule has 0 aliphatic heterocycles. The fraction of sp³-hybridized carbons (Fsp3) is 0.611. The second-order valence-electron chi connectivity index (χ2n) is 5.59. The number of esters is 1. The lowest BCUT2D eigenvalue weighted by Crippen LogP contribution is -2.06. The van der Waals surface area contributed by atoms with Gasteiger partial charge in [-0.2, -0.15) is 0 Å². The average Bonchev–Trinajstić information content (AvgIpc) is 2.59. The molecule has 1 atom stereocenters. The molecule has 0 radical (unpaired) electrons. The number of ether oxygens (including phenoxy) is 1. The third-order valence-electron chi connectivity index (χ3n) is 3.71. The highest BCUT2D eigenvalue weighted by molar-refractivity contribution is 7.39. The number of carbonyl (C=O) groups is 1. The summed E-state index contributed by atoms with van der Waals surface area (Å²) < 4.78 is 21.3. The van der Waals surface area contributed by atoms with Crippen molar-refractivity contribution in [3.05, 3.63) is 35.4 Å². The smallest absolute Gasteiger partial charge is 0.462 e. The van der Waals surface area contributed by atoms with E-state index in [2.05, 4.69) is 6.92 Å². The lowest BCUT2D eigenvalue weighted by molar-refractivity contribution is 0.0497. The Hall–Kier alpha value is -1.25. The van der Waals surface area contributed by atoms with E-state index in [1.807, 2.05) is 12.1 Å². The molecular weight excluding hydrogens is 311 g/mol. The Morgan fingerprint density at radius 2 is 1.70 bits per heavy atom. The molecule has 0 spiro atoms. The first-order valence-electron chi connectivity index (χ1n) is 8.42. The molecule has 5 heteroatoms. The number of carbonyl (C=O) groups excluding carboxylic acids is 1. The van der Waals surface area contributed by atoms with Crippen LogP contribution in [0.3, 0.4) is 0 Å². The maximum Gasteiger partial charge on any atom is 0.508 e. The lowest BCUT2D eigenvalue weighted by atomic mass is 10.1. The van der Waals surface area contributed by atoms with E-state index in [1.165, 1.54) is 32.8 Å². The van der Waals surface area contributed by atoms with Crippen molar-refractivity contribution in [2.75, 3.05) is 19.9 Å². The summed E-state index contributed by atoms with van der Waals surface area (Å²) >= 11 is 0. The van der Waals surface area contributed by atoms with Gasteiger partial charge < -0.3 is 4.74 Å². The minimum Gasteiger partial charge on any atom is -0.462 e. The molecule has 4 nitrogen and oxygen atoms in total. The van der Waals surface area contributed by atoms with E-state index in [1.54, 1.807) is 12.1 Å². The zero-order chi connectivity index (χ0) is 16.9. The van der Waals surface area contributed by atoms with Gasteiger partial charge >= 0.3 is 14.0 Å². The second kappa shape index (κ2) is 12.2. The summed E-state index contributed by atoms with van der Waals surface area (Å²) in [5, 5.41) is 0. The van der Waals surface area contributed by atoms with Crippen molar-refractivity contribution in [1.82, 2.24) is 0 Å². The van der Waals surface area contributed by atoms with Gasteiger partial charge in [-0.3, -0.25) is 0 Å². The highest BCUT2D eigenvalue weighted by atomic mass is 31.1. The predicted molar refractivity (Wildman–Crippen MR) is 93.3 cm³/mol. The first kappa shape index (κ1) is 19.8. The monoisotopic (exact) mass is 339 g/mol. The van der Waals surface area contributed by atoms with E-state index in [4.69, 9.17) is 9.26 Å². The molecule has 1 aromatic rings. The Morgan fingerprint density at radius 3 is 2.35 bits per heavy atom. The van der Waals surface area contributed by atoms with Gasteiger partial charge in [0.15, 0.2) is 6.16 Å². The summed E-state index contributed by atoms with van der Waals surface area (Å²) in [6.07, 6.45) is 8.22. The molecule has 0 aliphatic rings. The Morgan fingerprint density at radius 1 is 1.04 bits per heavy atom. The predicted octanol–water partition coefficient (Wildman–Crippen LogP) is 5.14. The van der Waals surface area contributed by atoms with Crippen molar-refractivity contribution in [2.45, 2.75) is 51.9 Å². The topological polar surface area (TPSA) is 52.6 Å². The third kappa shape index (κ3) is 8.83. The van der Waals surface area contributed by atoms with Crippen LogP contribution < -0.4 is 0 Å². The SMILES string of the molecule is CCCCCCCCOC(=O)c1ccc(CC[P+](=O)OC)cc1. The van der Waals surface area contributed by atoms with Crippen molar-refractivity contribution in [2.24, 2.45) is 0 Å². The summed E-state index contributed by atoms with van der Waals surface area (Å²) in [6, 6.07) is 7.28. The highest BCUT2D eigenvalue weighted by Gasteiger charge is 2.14. The summed E-state index contributed by atoms with van der Waals surface area (Å²) in [5.41, 5.74) is 1.61. The number of rotatable bonds is 12. The van der Waals surface area contributed by atoms with E-state index in [9.17, 15) is 9.36 Å². The Balaban J connectivity index is 2.24. The molecule has 0 N–H and O–H groups in total. The number of hydrogen-bond acceptors (Lipinski definition) is 4. The van der Waals surface area contributed by atoms with E-state index in [0.717, 1.165) is 18.4 Å². The van der Waals surface area contributed by atoms with Crippen molar-refractivity contribution in [3.63, 3.8) is 0 Å². The van der Waals surface area contributed by atoms with E-state index in [-0.39, 0.29) is 5.97 Å². The van der Waals surface area contributed by atoms with Gasteiger partial charge in [0.25, 0.3) is 0 Å². The summed E-state index contributed by atoms with van der Waals surface area (Å²) in [6.45, 7) is 2.69. The minimum absolute atomic E-state index is 0.270. The van der Waals surface area contributed by atoms with Crippen LogP contribution in [-0.4, -0.2) is 25.8 Å². The zero-order valence-corrected chi connectivity index (χ0v) is 15.1. The molecule has 128 valence electrons. The molecule has 0 aliphatic carbocycles. The van der Waals surface area contributed by atoms with Gasteiger partial charge in [0, 0.05) is 6.42 Å². The van der Waals surface area contributed by atoms with Crippen LogP contribution in [0.2, 0.25) is 0 Å². The van der Waals surface area contributed by atoms with Gasteiger partial charge in [-0.15, -0.1) is 4.52 Å². The van der Waals surface area contributed by atoms with Crippen molar-refractivity contribution in [3.8, 4) is 0 Å². The molecule has 1 unspecified atom stereocenters. The van der Waals surface area contributed by atoms with Crippen LogP contribution in [-0.2, 0) is 20.2 Å². The Labute approximate surface area is 140 Å². The van der Waals surface area contributed by atoms with Crippen LogP contribution in [0.4, 0.5) is 0 Å². The molecule has 1 rings (SSSR count). The second-order valence-corrected chi connectivity index (χ2v) is 7.07. The average molecular weight is 339 g/mol. The fourth-order valence-corrected chi connectivity index (χ4v) is 2.87. The van der Waals surface area contributed by atoms with Crippen LogP contribution in [0.15, 0.2) is 24.3 Å². The highest BCUT2D eigenvalue weighted by Crippen LogP contribution is 2.21. The molecular formula is C18H28O4P+. The first-order valence-corrected chi connectivity index (χ1v) is 9.78. The maximum absolute atomic E-state index is 11.9. The van der Waals surface area contributed by atoms with Gasteiger partial charge in [0.05, 0.1) is 19.3 Å². The van der Waals surface area contributed by atoms with Gasteiger partial charge in [-0.1, -0.05) is 51.2 Å². The molecule has 0 aromatic heterocycles. The minimum atomic E-state index is -1.58. The van der Waals surface area contributed by atoms with Crippen molar-refractivity contribution >= 4 is 14.0 Å². The molecule has 1 aromatic carbocycles. The molecule has 23 heavy (non-hydrogen) atoms. The van der Waals surface area contributed by atoms with Gasteiger partial charge in [0.1, 0.15) is 0 Å². The van der Waals surface area contributed by atoms with Crippen LogP contribution in [0.1, 0.15) is 61.4 Å². The number of aryl methyl sites for hydroxylation is 1. The van der Waals surface area contributed by atoms with Gasteiger partial charge in [-0.25, -0.2) is 4.79 Å². The summed E-state index contributed by atoms with van der Waals surface area (Å²) in [7, 11) is -0.134. The van der Waals surface area contributed by atoms with Gasteiger partial charge in [0.2, 0.25) is 0 Å². The van der Waals surface area contributed by atoms with Crippen molar-refractivity contribution < 1.29 is 18.6 Å². The lowest BCUT2D eigenvalue weighted by Gasteiger charge is -2.05. The molecule has 0 saturated carbocycles. The normalized spacial score (nSPS) is 11.3. The molecule has 0 fully saturated rings. The number of benzene rings is 1. The molecule has 0 saturated heterocycles. The summed E-state index contributed by atoms with van der Waals surface area (Å²) in [4.78, 5) is 11.9. The van der Waals surface area contributed by atoms with Crippen LogP contribution in [0, 0.1) is 0 Å². The van der Waals surface area contributed by atoms with E-state index >= 15 is 0 Å². The quantitative estimate of drug-likeness (QED) is 0.301. The standard InChI is InChI=1S/C18H28O4P/c1-3-4-5-6-7-8-14-22-18(19)17-11-9-16(10-12-17)13-15-23(20)21-2/h9-12H,3-8,13-15H2,1-2H3/q+1. The maximum atomic E-state index is 11.9. The number of hydrogen-bond donors (Lipinski definition) is 0. The largest absolute Gasteiger partial charge is 0.508 e. The van der Waals surface area contributed by atoms with E-state index in [0.29, 0.717) is 24.8 Å². The van der Waals surface area contributed by atoms with Crippen LogP contribution in [0.25, 0.3) is 0 Å². The van der Waals surface area contributed by atoms with Crippen molar-refractivity contribution in [1.29, 1.82) is 0 Å². The zero-order valence-electron chi connectivity index (χ0n) is 14.3. The molecule has 0 heterocycles. The third-order valence-corrected chi connectivity index (χ3v) is 4.70.